The van der Waals surface area contributed by atoms with Gasteiger partial charge in [0.2, 0.25) is 11.8 Å². The van der Waals surface area contributed by atoms with E-state index in [4.69, 9.17) is 0 Å². The highest BCUT2D eigenvalue weighted by Gasteiger charge is 2.15. The summed E-state index contributed by atoms with van der Waals surface area (Å²) in [4.78, 5) is 26.8. The summed E-state index contributed by atoms with van der Waals surface area (Å²) in [7, 11) is 0. The van der Waals surface area contributed by atoms with E-state index in [0.29, 0.717) is 13.1 Å². The molecule has 0 fully saturated rings. The van der Waals surface area contributed by atoms with Crippen LogP contribution in [0.2, 0.25) is 0 Å². The monoisotopic (exact) mass is 324 g/mol. The third kappa shape index (κ3) is 5.63. The number of nitrogens with zero attached hydrogens (tertiary/aromatic N) is 2. The van der Waals surface area contributed by atoms with Crippen LogP contribution in [0.25, 0.3) is 0 Å². The maximum Gasteiger partial charge on any atom is 0.226 e. The van der Waals surface area contributed by atoms with Gasteiger partial charge in [-0.15, -0.1) is 0 Å². The Hall–Kier alpha value is -2.46. The third-order valence-electron chi connectivity index (χ3n) is 3.90. The Bertz CT molecular complexity index is 600. The lowest BCUT2D eigenvalue weighted by molar-refractivity contribution is -0.142. The molecule has 0 aliphatic carbocycles. The maximum atomic E-state index is 11.6. The highest BCUT2D eigenvalue weighted by molar-refractivity contribution is 5.92. The van der Waals surface area contributed by atoms with Crippen molar-refractivity contribution >= 4 is 11.8 Å². The van der Waals surface area contributed by atoms with Crippen molar-refractivity contribution < 1.29 is 9.59 Å². The molecule has 4 heteroatoms. The van der Waals surface area contributed by atoms with E-state index in [1.54, 1.807) is 0 Å². The highest BCUT2D eigenvalue weighted by Crippen LogP contribution is 2.10. The highest BCUT2D eigenvalue weighted by atomic mass is 16.2. The van der Waals surface area contributed by atoms with E-state index in [-0.39, 0.29) is 11.8 Å². The Morgan fingerprint density at radius 1 is 0.708 bits per heavy atom. The van der Waals surface area contributed by atoms with E-state index in [1.807, 2.05) is 36.4 Å². The predicted octanol–water partition coefficient (Wildman–Crippen LogP) is 3.08. The molecule has 0 N–H and O–H groups in total. The zero-order valence-electron chi connectivity index (χ0n) is 14.3. The lowest BCUT2D eigenvalue weighted by Gasteiger charge is -2.26. The molecular weight excluding hydrogens is 300 g/mol. The van der Waals surface area contributed by atoms with Crippen molar-refractivity contribution in [2.75, 3.05) is 13.1 Å². The van der Waals surface area contributed by atoms with Crippen LogP contribution in [0, 0.1) is 0 Å². The van der Waals surface area contributed by atoms with Gasteiger partial charge in [0.15, 0.2) is 0 Å². The van der Waals surface area contributed by atoms with Crippen LogP contribution in [0.15, 0.2) is 60.7 Å². The van der Waals surface area contributed by atoms with Gasteiger partial charge in [0, 0.05) is 40.0 Å². The van der Waals surface area contributed by atoms with Crippen molar-refractivity contribution in [3.8, 4) is 0 Å². The molecule has 4 nitrogen and oxygen atoms in total. The van der Waals surface area contributed by atoms with Crippen molar-refractivity contribution in [1.29, 1.82) is 0 Å². The molecule has 2 aromatic rings. The molecule has 0 saturated carbocycles. The molecule has 126 valence electrons. The number of rotatable bonds is 7. The zero-order chi connectivity index (χ0) is 17.4. The molecule has 0 atom stereocenters. The van der Waals surface area contributed by atoms with Crippen molar-refractivity contribution in [1.82, 2.24) is 9.80 Å². The van der Waals surface area contributed by atoms with Crippen LogP contribution >= 0.6 is 0 Å². The van der Waals surface area contributed by atoms with E-state index in [1.165, 1.54) is 29.9 Å². The molecule has 0 heterocycles. The van der Waals surface area contributed by atoms with Crippen LogP contribution in [0.5, 0.6) is 0 Å². The first kappa shape index (κ1) is 17.9. The van der Waals surface area contributed by atoms with Crippen LogP contribution in [-0.2, 0) is 22.7 Å². The SMILES string of the molecule is CC(=O)N(CCN(Cc1ccccc1)Cc1ccccc1)C(C)=O. The van der Waals surface area contributed by atoms with Gasteiger partial charge in [0.25, 0.3) is 0 Å². The summed E-state index contributed by atoms with van der Waals surface area (Å²) < 4.78 is 0. The van der Waals surface area contributed by atoms with Crippen molar-refractivity contribution in [2.45, 2.75) is 26.9 Å². The lowest BCUT2D eigenvalue weighted by Crippen LogP contribution is -2.39. The van der Waals surface area contributed by atoms with Gasteiger partial charge in [-0.3, -0.25) is 19.4 Å². The molecule has 0 spiro atoms. The van der Waals surface area contributed by atoms with E-state index < -0.39 is 0 Å². The first-order chi connectivity index (χ1) is 11.6. The molecule has 24 heavy (non-hydrogen) atoms. The number of imide groups is 1. The molecule has 2 amide bonds. The summed E-state index contributed by atoms with van der Waals surface area (Å²) in [5.41, 5.74) is 2.43. The lowest BCUT2D eigenvalue weighted by atomic mass is 10.1. The van der Waals surface area contributed by atoms with Crippen molar-refractivity contribution in [2.24, 2.45) is 0 Å². The van der Waals surface area contributed by atoms with Gasteiger partial charge in [-0.1, -0.05) is 60.7 Å². The first-order valence-electron chi connectivity index (χ1n) is 8.15. The fourth-order valence-corrected chi connectivity index (χ4v) is 2.68. The number of carbonyl (C=O) groups is 2. The van der Waals surface area contributed by atoms with E-state index in [0.717, 1.165) is 13.1 Å². The Balaban J connectivity index is 2.07. The van der Waals surface area contributed by atoms with E-state index in [9.17, 15) is 9.59 Å². The summed E-state index contributed by atoms with van der Waals surface area (Å²) in [5, 5.41) is 0. The summed E-state index contributed by atoms with van der Waals surface area (Å²) >= 11 is 0. The Morgan fingerprint density at radius 3 is 1.50 bits per heavy atom. The van der Waals surface area contributed by atoms with Gasteiger partial charge in [-0.2, -0.15) is 0 Å². The molecule has 0 unspecified atom stereocenters. The second kappa shape index (κ2) is 8.99. The van der Waals surface area contributed by atoms with Gasteiger partial charge < -0.3 is 0 Å². The fourth-order valence-electron chi connectivity index (χ4n) is 2.68. The van der Waals surface area contributed by atoms with Crippen molar-refractivity contribution in [3.05, 3.63) is 71.8 Å². The van der Waals surface area contributed by atoms with Crippen LogP contribution < -0.4 is 0 Å². The maximum absolute atomic E-state index is 11.6. The number of carbonyl (C=O) groups excluding carboxylic acids is 2. The molecular formula is C20H24N2O2. The fraction of sp³-hybridized carbons (Fsp3) is 0.300. The minimum atomic E-state index is -0.207. The average Bonchev–Trinajstić information content (AvgIpc) is 2.56. The second-order valence-electron chi connectivity index (χ2n) is 5.87. The number of hydrogen-bond donors (Lipinski definition) is 0. The van der Waals surface area contributed by atoms with Crippen LogP contribution in [0.1, 0.15) is 25.0 Å². The Labute approximate surface area is 143 Å². The number of hydrogen-bond acceptors (Lipinski definition) is 3. The van der Waals surface area contributed by atoms with Crippen LogP contribution in [0.3, 0.4) is 0 Å². The first-order valence-corrected chi connectivity index (χ1v) is 8.15. The molecule has 0 radical (unpaired) electrons. The quantitative estimate of drug-likeness (QED) is 0.786. The molecule has 2 rings (SSSR count). The minimum absolute atomic E-state index is 0.207. The number of benzene rings is 2. The van der Waals surface area contributed by atoms with Crippen LogP contribution in [-0.4, -0.2) is 34.7 Å². The van der Waals surface area contributed by atoms with E-state index >= 15 is 0 Å². The molecule has 0 aromatic heterocycles. The number of amides is 2. The normalized spacial score (nSPS) is 10.6. The summed E-state index contributed by atoms with van der Waals surface area (Å²) in [6, 6.07) is 20.4. The van der Waals surface area contributed by atoms with Crippen molar-refractivity contribution in [3.63, 3.8) is 0 Å². The molecule has 2 aromatic carbocycles. The average molecular weight is 324 g/mol. The van der Waals surface area contributed by atoms with Gasteiger partial charge in [-0.25, -0.2) is 0 Å². The Morgan fingerprint density at radius 2 is 1.12 bits per heavy atom. The van der Waals surface area contributed by atoms with Crippen LogP contribution in [0.4, 0.5) is 0 Å². The summed E-state index contributed by atoms with van der Waals surface area (Å²) in [6.45, 7) is 5.46. The zero-order valence-corrected chi connectivity index (χ0v) is 14.3. The van der Waals surface area contributed by atoms with Gasteiger partial charge in [0.1, 0.15) is 0 Å². The summed E-state index contributed by atoms with van der Waals surface area (Å²) in [6.07, 6.45) is 0. The molecule has 0 saturated heterocycles. The predicted molar refractivity (Wildman–Crippen MR) is 95.1 cm³/mol. The van der Waals surface area contributed by atoms with Gasteiger partial charge >= 0.3 is 0 Å². The minimum Gasteiger partial charge on any atom is -0.293 e. The largest absolute Gasteiger partial charge is 0.293 e. The Kier molecular flexibility index (Phi) is 6.70. The topological polar surface area (TPSA) is 40.6 Å². The van der Waals surface area contributed by atoms with Gasteiger partial charge in [0.05, 0.1) is 0 Å². The standard InChI is InChI=1S/C20H24N2O2/c1-17(23)22(18(2)24)14-13-21(15-19-9-5-3-6-10-19)16-20-11-7-4-8-12-20/h3-12H,13-16H2,1-2H3. The second-order valence-corrected chi connectivity index (χ2v) is 5.87. The smallest absolute Gasteiger partial charge is 0.226 e. The molecule has 0 aliphatic rings. The third-order valence-corrected chi connectivity index (χ3v) is 3.90. The molecule has 0 aliphatic heterocycles. The van der Waals surface area contributed by atoms with Gasteiger partial charge in [-0.05, 0) is 11.1 Å². The molecule has 0 bridgehead atoms. The summed E-state index contributed by atoms with van der Waals surface area (Å²) in [5.74, 6) is -0.413. The van der Waals surface area contributed by atoms with E-state index in [2.05, 4.69) is 29.2 Å².